The fourth-order valence-electron chi connectivity index (χ4n) is 1.82. The van der Waals surface area contributed by atoms with Crippen molar-refractivity contribution in [3.8, 4) is 0 Å². The molecule has 0 radical (unpaired) electrons. The first-order chi connectivity index (χ1) is 9.76. The van der Waals surface area contributed by atoms with E-state index in [1.54, 1.807) is 12.4 Å². The number of ether oxygens (including phenoxy) is 1. The van der Waals surface area contributed by atoms with Gasteiger partial charge in [0.2, 0.25) is 0 Å². The Morgan fingerprint density at radius 2 is 1.90 bits per heavy atom. The van der Waals surface area contributed by atoms with Gasteiger partial charge < -0.3 is 9.64 Å². The lowest BCUT2D eigenvalue weighted by Crippen LogP contribution is -2.36. The molecular formula is C15H17N3OS. The average molecular weight is 287 g/mol. The molecule has 0 amide bonds. The monoisotopic (exact) mass is 287 g/mol. The van der Waals surface area contributed by atoms with E-state index in [1.165, 1.54) is 0 Å². The first kappa shape index (κ1) is 14.4. The van der Waals surface area contributed by atoms with Crippen molar-refractivity contribution < 1.29 is 4.74 Å². The van der Waals surface area contributed by atoms with Gasteiger partial charge in [0.1, 0.15) is 5.35 Å². The second-order valence-corrected chi connectivity index (χ2v) is 4.45. The third-order valence-electron chi connectivity index (χ3n) is 2.90. The van der Waals surface area contributed by atoms with E-state index in [4.69, 9.17) is 17.0 Å². The Labute approximate surface area is 123 Å². The normalized spacial score (nSPS) is 20.6. The molecule has 0 aliphatic heterocycles. The van der Waals surface area contributed by atoms with Crippen LogP contribution in [0.25, 0.3) is 11.8 Å². The maximum atomic E-state index is 5.83. The molecular weight excluding hydrogens is 270 g/mol. The lowest BCUT2D eigenvalue weighted by molar-refractivity contribution is 0.359. The van der Waals surface area contributed by atoms with Gasteiger partial charge in [-0.2, -0.15) is 0 Å². The van der Waals surface area contributed by atoms with E-state index in [1.807, 2.05) is 49.1 Å². The van der Waals surface area contributed by atoms with Crippen LogP contribution in [0, 0.1) is 0 Å². The molecule has 1 aliphatic carbocycles. The van der Waals surface area contributed by atoms with Crippen LogP contribution in [-0.4, -0.2) is 33.1 Å². The minimum Gasteiger partial charge on any atom is -0.429 e. The molecule has 20 heavy (non-hydrogen) atoms. The Hall–Kier alpha value is -2.01. The molecule has 1 aromatic rings. The standard InChI is InChI=1S/C15H17N3OS/c1-3-18(4-2)15(20)19-13-9-7-5-6-8-12-14(13)17-11-10-16-12/h5-11H,3-4H2,1-2H3/b6-5+,7-5?,8-6?,9-7+,12-8+,13-9?,14-13-. The summed E-state index contributed by atoms with van der Waals surface area (Å²) in [6.07, 6.45) is 12.8. The molecule has 4 nitrogen and oxygen atoms in total. The van der Waals surface area contributed by atoms with Crippen molar-refractivity contribution in [2.45, 2.75) is 13.8 Å². The number of thiocarbonyl (C=S) groups is 1. The molecule has 1 heterocycles. The van der Waals surface area contributed by atoms with Crippen molar-refractivity contribution in [2.24, 2.45) is 0 Å². The Morgan fingerprint density at radius 1 is 1.15 bits per heavy atom. The third kappa shape index (κ3) is 3.30. The van der Waals surface area contributed by atoms with Gasteiger partial charge in [-0.1, -0.05) is 18.2 Å². The molecule has 0 saturated heterocycles. The molecule has 0 unspecified atom stereocenters. The van der Waals surface area contributed by atoms with Gasteiger partial charge in [-0.15, -0.1) is 0 Å². The van der Waals surface area contributed by atoms with Crippen molar-refractivity contribution >= 4 is 29.2 Å². The Balaban J connectivity index is 2.45. The third-order valence-corrected chi connectivity index (χ3v) is 3.24. The molecule has 0 aromatic carbocycles. The molecule has 104 valence electrons. The summed E-state index contributed by atoms with van der Waals surface area (Å²) >= 11 is 5.33. The van der Waals surface area contributed by atoms with Crippen molar-refractivity contribution in [3.63, 3.8) is 0 Å². The molecule has 1 aliphatic rings. The maximum absolute atomic E-state index is 5.83. The summed E-state index contributed by atoms with van der Waals surface area (Å²) in [7, 11) is 0. The first-order valence-corrected chi connectivity index (χ1v) is 7.00. The van der Waals surface area contributed by atoms with Gasteiger partial charge in [-0.05, 0) is 38.2 Å². The minimum absolute atomic E-state index is 0.454. The highest BCUT2D eigenvalue weighted by Crippen LogP contribution is 2.04. The smallest absolute Gasteiger partial charge is 0.264 e. The van der Waals surface area contributed by atoms with Crippen LogP contribution in [0.1, 0.15) is 13.8 Å². The fraction of sp³-hybridized carbons (Fsp3) is 0.267. The predicted octanol–water partition coefficient (Wildman–Crippen LogP) is 1.13. The van der Waals surface area contributed by atoms with Gasteiger partial charge in [0.15, 0.2) is 5.76 Å². The summed E-state index contributed by atoms with van der Waals surface area (Å²) in [5.74, 6) is 0.616. The molecule has 0 atom stereocenters. The van der Waals surface area contributed by atoms with Crippen molar-refractivity contribution in [1.82, 2.24) is 14.9 Å². The van der Waals surface area contributed by atoms with E-state index in [0.29, 0.717) is 16.3 Å². The zero-order valence-electron chi connectivity index (χ0n) is 11.6. The largest absolute Gasteiger partial charge is 0.429 e. The summed E-state index contributed by atoms with van der Waals surface area (Å²) in [6.45, 7) is 5.71. The Morgan fingerprint density at radius 3 is 2.65 bits per heavy atom. The van der Waals surface area contributed by atoms with Gasteiger partial charge in [0.05, 0.1) is 5.35 Å². The quantitative estimate of drug-likeness (QED) is 0.779. The van der Waals surface area contributed by atoms with Crippen LogP contribution < -0.4 is 10.7 Å². The first-order valence-electron chi connectivity index (χ1n) is 6.59. The second-order valence-electron chi connectivity index (χ2n) is 4.11. The van der Waals surface area contributed by atoms with Crippen LogP contribution in [0.5, 0.6) is 0 Å². The van der Waals surface area contributed by atoms with Crippen molar-refractivity contribution in [2.75, 3.05) is 13.1 Å². The molecule has 0 fully saturated rings. The van der Waals surface area contributed by atoms with Crippen LogP contribution >= 0.6 is 12.2 Å². The number of rotatable bonds is 3. The van der Waals surface area contributed by atoms with E-state index in [0.717, 1.165) is 18.4 Å². The summed E-state index contributed by atoms with van der Waals surface area (Å²) in [6, 6.07) is 0. The topological polar surface area (TPSA) is 38.2 Å². The summed E-state index contributed by atoms with van der Waals surface area (Å²) in [4.78, 5) is 10.6. The molecule has 1 aromatic heterocycles. The maximum Gasteiger partial charge on any atom is 0.264 e. The Bertz CT molecular complexity index is 660. The SMILES string of the molecule is CCN(CC)C(=S)OC1=c2\nccn\c2=C\C=C\C=C\1. The van der Waals surface area contributed by atoms with Gasteiger partial charge in [0, 0.05) is 25.5 Å². The van der Waals surface area contributed by atoms with Crippen molar-refractivity contribution in [3.05, 3.63) is 47.4 Å². The highest BCUT2D eigenvalue weighted by Gasteiger charge is 2.09. The number of allylic oxidation sites excluding steroid dienone is 3. The number of hydrogen-bond donors (Lipinski definition) is 0. The molecule has 5 heteroatoms. The van der Waals surface area contributed by atoms with E-state index in [-0.39, 0.29) is 0 Å². The van der Waals surface area contributed by atoms with Gasteiger partial charge in [0.25, 0.3) is 5.17 Å². The minimum atomic E-state index is 0.454. The fourth-order valence-corrected chi connectivity index (χ4v) is 2.16. The van der Waals surface area contributed by atoms with E-state index in [9.17, 15) is 0 Å². The number of hydrogen-bond acceptors (Lipinski definition) is 4. The second kappa shape index (κ2) is 6.96. The summed E-state index contributed by atoms with van der Waals surface area (Å²) in [5, 5.41) is 1.92. The predicted molar refractivity (Wildman–Crippen MR) is 84.0 cm³/mol. The van der Waals surface area contributed by atoms with E-state index >= 15 is 0 Å². The van der Waals surface area contributed by atoms with Crippen molar-refractivity contribution in [1.29, 1.82) is 0 Å². The van der Waals surface area contributed by atoms with E-state index < -0.39 is 0 Å². The molecule has 0 bridgehead atoms. The van der Waals surface area contributed by atoms with Crippen LogP contribution in [0.3, 0.4) is 0 Å². The van der Waals surface area contributed by atoms with Gasteiger partial charge in [-0.25, -0.2) is 4.98 Å². The average Bonchev–Trinajstić information content (AvgIpc) is 2.45. The molecule has 0 N–H and O–H groups in total. The summed E-state index contributed by atoms with van der Waals surface area (Å²) in [5.41, 5.74) is 0. The molecule has 2 rings (SSSR count). The highest BCUT2D eigenvalue weighted by molar-refractivity contribution is 7.80. The van der Waals surface area contributed by atoms with Gasteiger partial charge >= 0.3 is 0 Å². The van der Waals surface area contributed by atoms with Gasteiger partial charge in [-0.3, -0.25) is 4.98 Å². The van der Waals surface area contributed by atoms with Crippen LogP contribution in [0.2, 0.25) is 0 Å². The van der Waals surface area contributed by atoms with E-state index in [2.05, 4.69) is 9.97 Å². The number of fused-ring (bicyclic) bond motifs is 1. The lowest BCUT2D eigenvalue weighted by Gasteiger charge is -2.21. The van der Waals surface area contributed by atoms with Crippen LogP contribution in [0.4, 0.5) is 0 Å². The summed E-state index contributed by atoms with van der Waals surface area (Å²) < 4.78 is 5.83. The number of aromatic nitrogens is 2. The molecule has 0 spiro atoms. The highest BCUT2D eigenvalue weighted by atomic mass is 32.1. The van der Waals surface area contributed by atoms with Crippen LogP contribution in [0.15, 0.2) is 36.7 Å². The Kier molecular flexibility index (Phi) is 5.01. The lowest BCUT2D eigenvalue weighted by atomic mass is 10.3. The number of nitrogens with zero attached hydrogens (tertiary/aromatic N) is 3. The zero-order valence-corrected chi connectivity index (χ0v) is 12.4. The van der Waals surface area contributed by atoms with Crippen LogP contribution in [-0.2, 0) is 4.74 Å². The molecule has 0 saturated carbocycles. The zero-order chi connectivity index (χ0) is 14.4.